The molecule has 2 amide bonds. The van der Waals surface area contributed by atoms with Gasteiger partial charge >= 0.3 is 5.97 Å². The Morgan fingerprint density at radius 2 is 1.84 bits per heavy atom. The molecule has 1 aromatic carbocycles. The van der Waals surface area contributed by atoms with E-state index in [2.05, 4.69) is 0 Å². The summed E-state index contributed by atoms with van der Waals surface area (Å²) >= 11 is 0. The molecule has 4 heterocycles. The lowest BCUT2D eigenvalue weighted by molar-refractivity contribution is -0.161. The first-order chi connectivity index (χ1) is 18.3. The van der Waals surface area contributed by atoms with Crippen LogP contribution in [0.2, 0.25) is 0 Å². The summed E-state index contributed by atoms with van der Waals surface area (Å²) in [6.07, 6.45) is 10.4. The molecule has 0 radical (unpaired) electrons. The number of allylic oxidation sites excluding steroid dienone is 1. The van der Waals surface area contributed by atoms with Gasteiger partial charge < -0.3 is 29.1 Å². The van der Waals surface area contributed by atoms with Crippen LogP contribution in [0.25, 0.3) is 0 Å². The molecule has 38 heavy (non-hydrogen) atoms. The summed E-state index contributed by atoms with van der Waals surface area (Å²) < 4.78 is 17.8. The zero-order valence-electron chi connectivity index (χ0n) is 22.2. The monoisotopic (exact) mass is 524 g/mol. The fraction of sp³-hybridized carbons (Fsp3) is 0.552. The van der Waals surface area contributed by atoms with Gasteiger partial charge in [0.05, 0.1) is 32.3 Å². The van der Waals surface area contributed by atoms with E-state index in [1.54, 1.807) is 49.3 Å². The van der Waals surface area contributed by atoms with E-state index in [1.807, 2.05) is 25.2 Å². The first-order valence-corrected chi connectivity index (χ1v) is 13.4. The summed E-state index contributed by atoms with van der Waals surface area (Å²) in [5.41, 5.74) is -1.84. The van der Waals surface area contributed by atoms with Crippen LogP contribution in [0.4, 0.5) is 5.69 Å². The summed E-state index contributed by atoms with van der Waals surface area (Å²) in [6.45, 7) is 3.83. The van der Waals surface area contributed by atoms with E-state index in [9.17, 15) is 19.5 Å². The van der Waals surface area contributed by atoms with Crippen molar-refractivity contribution in [2.24, 2.45) is 11.8 Å². The molecule has 6 atom stereocenters. The molecule has 2 fully saturated rings. The van der Waals surface area contributed by atoms with Crippen molar-refractivity contribution < 1.29 is 33.7 Å². The van der Waals surface area contributed by atoms with Crippen LogP contribution in [0.5, 0.6) is 5.75 Å². The highest BCUT2D eigenvalue weighted by Gasteiger charge is 2.75. The number of nitrogens with zero attached hydrogens (tertiary/aromatic N) is 2. The fourth-order valence-electron chi connectivity index (χ4n) is 6.53. The van der Waals surface area contributed by atoms with E-state index in [1.165, 1.54) is 4.90 Å². The van der Waals surface area contributed by atoms with E-state index in [0.29, 0.717) is 17.9 Å². The topological polar surface area (TPSA) is 106 Å². The number of likely N-dealkylation sites (tertiary alicyclic amines) is 1. The standard InChI is InChI=1S/C29H36N2O7/c1-4-28-14-7-5-6-8-17-37-27(35)23(28)22-25(33)31(19(2)18-32)24-26(34)30(16-9-15-29(22,24)38-28)20-10-12-21(36-3)13-11-20/h7,9-15,19,22-24,32H,4-6,8,16-18H2,1-3H3/b14-7-/t19-,22+,23-,24?,28+,29+/m1/s1. The maximum atomic E-state index is 14.4. The van der Waals surface area contributed by atoms with Crippen molar-refractivity contribution in [1.82, 2.24) is 4.90 Å². The average Bonchev–Trinajstić information content (AvgIpc) is 3.30. The van der Waals surface area contributed by atoms with Crippen LogP contribution in [0.1, 0.15) is 39.5 Å². The zero-order chi connectivity index (χ0) is 27.1. The number of carbonyl (C=O) groups is 3. The Kier molecular flexibility index (Phi) is 7.09. The lowest BCUT2D eigenvalue weighted by Crippen LogP contribution is -2.58. The van der Waals surface area contributed by atoms with E-state index in [0.717, 1.165) is 19.3 Å². The highest BCUT2D eigenvalue weighted by molar-refractivity contribution is 6.05. The van der Waals surface area contributed by atoms with Gasteiger partial charge in [0.1, 0.15) is 28.9 Å². The Bertz CT molecular complexity index is 1150. The number of hydrogen-bond donors (Lipinski definition) is 1. The number of hydrogen-bond acceptors (Lipinski definition) is 7. The minimum atomic E-state index is -1.39. The van der Waals surface area contributed by atoms with Crippen LogP contribution >= 0.6 is 0 Å². The molecule has 9 nitrogen and oxygen atoms in total. The van der Waals surface area contributed by atoms with Crippen molar-refractivity contribution in [3.8, 4) is 5.75 Å². The van der Waals surface area contributed by atoms with Gasteiger partial charge in [0.2, 0.25) is 5.91 Å². The molecule has 1 unspecified atom stereocenters. The van der Waals surface area contributed by atoms with Gasteiger partial charge in [0, 0.05) is 12.2 Å². The normalized spacial score (nSPS) is 34.6. The largest absolute Gasteiger partial charge is 0.497 e. The minimum Gasteiger partial charge on any atom is -0.497 e. The smallest absolute Gasteiger partial charge is 0.313 e. The Morgan fingerprint density at radius 3 is 2.53 bits per heavy atom. The van der Waals surface area contributed by atoms with Crippen molar-refractivity contribution in [1.29, 1.82) is 0 Å². The lowest BCUT2D eigenvalue weighted by Gasteiger charge is -2.40. The van der Waals surface area contributed by atoms with Crippen molar-refractivity contribution >= 4 is 23.5 Å². The molecule has 5 rings (SSSR count). The molecule has 204 valence electrons. The number of carbonyl (C=O) groups excluding carboxylic acids is 3. The quantitative estimate of drug-likeness (QED) is 0.466. The number of benzene rings is 1. The number of cyclic esters (lactones) is 1. The fourth-order valence-corrected chi connectivity index (χ4v) is 6.53. The van der Waals surface area contributed by atoms with Gasteiger partial charge in [0.25, 0.3) is 5.91 Å². The predicted molar refractivity (Wildman–Crippen MR) is 139 cm³/mol. The maximum absolute atomic E-state index is 14.4. The Morgan fingerprint density at radius 1 is 1.08 bits per heavy atom. The molecule has 4 aliphatic rings. The molecule has 0 saturated carbocycles. The third-order valence-electron chi connectivity index (χ3n) is 8.44. The second-order valence-electron chi connectivity index (χ2n) is 10.5. The van der Waals surface area contributed by atoms with Gasteiger partial charge in [0.15, 0.2) is 0 Å². The summed E-state index contributed by atoms with van der Waals surface area (Å²) in [5, 5.41) is 10.1. The van der Waals surface area contributed by atoms with E-state index in [4.69, 9.17) is 14.2 Å². The number of esters is 1. The summed E-state index contributed by atoms with van der Waals surface area (Å²) in [4.78, 5) is 45.3. The summed E-state index contributed by atoms with van der Waals surface area (Å²) in [6, 6.07) is 5.41. The zero-order valence-corrected chi connectivity index (χ0v) is 22.2. The highest BCUT2D eigenvalue weighted by Crippen LogP contribution is 2.58. The van der Waals surface area contributed by atoms with Crippen LogP contribution in [-0.2, 0) is 23.9 Å². The molecule has 0 bridgehead atoms. The van der Waals surface area contributed by atoms with Gasteiger partial charge in [-0.25, -0.2) is 0 Å². The molecule has 9 heteroatoms. The van der Waals surface area contributed by atoms with Crippen LogP contribution in [-0.4, -0.2) is 77.9 Å². The molecule has 0 aromatic heterocycles. The van der Waals surface area contributed by atoms with Gasteiger partial charge in [-0.2, -0.15) is 0 Å². The lowest BCUT2D eigenvalue weighted by atomic mass is 9.73. The second-order valence-corrected chi connectivity index (χ2v) is 10.5. The molecule has 0 aliphatic carbocycles. The first kappa shape index (κ1) is 26.4. The molecular formula is C29H36N2O7. The first-order valence-electron chi connectivity index (χ1n) is 13.4. The van der Waals surface area contributed by atoms with Crippen molar-refractivity contribution in [3.05, 3.63) is 48.6 Å². The molecule has 1 spiro atoms. The van der Waals surface area contributed by atoms with Crippen LogP contribution in [0, 0.1) is 11.8 Å². The Labute approximate surface area is 223 Å². The molecular weight excluding hydrogens is 488 g/mol. The van der Waals surface area contributed by atoms with Crippen LogP contribution in [0.3, 0.4) is 0 Å². The second kappa shape index (κ2) is 10.2. The van der Waals surface area contributed by atoms with Crippen molar-refractivity contribution in [2.45, 2.75) is 62.8 Å². The maximum Gasteiger partial charge on any atom is 0.313 e. The number of ether oxygens (including phenoxy) is 3. The third-order valence-corrected chi connectivity index (χ3v) is 8.44. The van der Waals surface area contributed by atoms with Gasteiger partial charge in [-0.15, -0.1) is 0 Å². The van der Waals surface area contributed by atoms with E-state index in [-0.39, 0.29) is 31.6 Å². The number of aliphatic hydroxyl groups excluding tert-OH is 1. The average molecular weight is 525 g/mol. The summed E-state index contributed by atoms with van der Waals surface area (Å²) in [5.74, 6) is -2.42. The van der Waals surface area contributed by atoms with Gasteiger partial charge in [-0.1, -0.05) is 31.2 Å². The number of rotatable bonds is 5. The molecule has 1 aromatic rings. The van der Waals surface area contributed by atoms with Gasteiger partial charge in [-0.3, -0.25) is 14.4 Å². The summed E-state index contributed by atoms with van der Waals surface area (Å²) in [7, 11) is 1.57. The van der Waals surface area contributed by atoms with Crippen molar-refractivity contribution in [2.75, 3.05) is 31.8 Å². The number of amides is 2. The molecule has 1 N–H and O–H groups in total. The predicted octanol–water partition coefficient (Wildman–Crippen LogP) is 2.62. The SMILES string of the molecule is CC[C@]12/C=C\CCCCOC(=O)[C@H]1[C@H]1C(=O)N([C@H](C)CO)C3C(=O)N(c4ccc(OC)cc4)CC=C[C@@]31O2. The van der Waals surface area contributed by atoms with E-state index < -0.39 is 41.1 Å². The molecule has 4 aliphatic heterocycles. The third kappa shape index (κ3) is 3.94. The minimum absolute atomic E-state index is 0.263. The number of fused-ring (bicyclic) bond motifs is 2. The van der Waals surface area contributed by atoms with Crippen molar-refractivity contribution in [3.63, 3.8) is 0 Å². The number of aliphatic hydroxyl groups is 1. The molecule has 2 saturated heterocycles. The van der Waals surface area contributed by atoms with Crippen LogP contribution in [0.15, 0.2) is 48.6 Å². The number of anilines is 1. The van der Waals surface area contributed by atoms with E-state index >= 15 is 0 Å². The Hall–Kier alpha value is -3.17. The number of methoxy groups -OCH3 is 1. The van der Waals surface area contributed by atoms with Crippen LogP contribution < -0.4 is 9.64 Å². The Balaban J connectivity index is 1.66. The van der Waals surface area contributed by atoms with Gasteiger partial charge in [-0.05, 0) is 56.9 Å². The highest BCUT2D eigenvalue weighted by atomic mass is 16.6.